The fourth-order valence-electron chi connectivity index (χ4n) is 16.4. The number of aliphatic carboxylic acids is 1. The zero-order valence-corrected chi connectivity index (χ0v) is 68.5. The molecule has 7 amide bonds. The number of aromatic hydroxyl groups is 2. The van der Waals surface area contributed by atoms with Gasteiger partial charge in [-0.1, -0.05) is 65.9 Å². The minimum absolute atomic E-state index is 0.00453. The highest BCUT2D eigenvalue weighted by Crippen LogP contribution is 2.54. The van der Waals surface area contributed by atoms with Crippen LogP contribution in [0.1, 0.15) is 144 Å². The number of amides is 7. The normalized spacial score (nSPS) is 23.9. The molecule has 660 valence electrons. The zero-order chi connectivity index (χ0) is 87.7. The summed E-state index contributed by atoms with van der Waals surface area (Å²) >= 11 is 0. The Hall–Kier alpha value is -11.2. The number of carbonyl (C=O) groups is 10. The third kappa shape index (κ3) is 19.6. The lowest BCUT2D eigenvalue weighted by Gasteiger charge is -2.43. The van der Waals surface area contributed by atoms with Crippen LogP contribution in [0.15, 0.2) is 84.9 Å². The molecule has 0 saturated carbocycles. The third-order valence-electron chi connectivity index (χ3n) is 22.6. The number of morpholine rings is 1. The molecule has 4 saturated heterocycles. The van der Waals surface area contributed by atoms with Gasteiger partial charge < -0.3 is 125 Å². The number of phenols is 2. The minimum atomic E-state index is -2.48. The zero-order valence-electron chi connectivity index (χ0n) is 68.5. The molecule has 13 rings (SSSR count). The van der Waals surface area contributed by atoms with Crippen LogP contribution >= 0.6 is 0 Å². The Morgan fingerprint density at radius 3 is 2.22 bits per heavy atom. The maximum Gasteiger partial charge on any atom is 0.407 e. The lowest BCUT2D eigenvalue weighted by Crippen LogP contribution is -2.61. The average Bonchev–Trinajstić information content (AvgIpc) is 1.35. The molecule has 5 aliphatic heterocycles. The third-order valence-corrected chi connectivity index (χ3v) is 22.6. The van der Waals surface area contributed by atoms with Crippen LogP contribution in [-0.4, -0.2) is 275 Å². The first-order chi connectivity index (χ1) is 59.1. The van der Waals surface area contributed by atoms with Crippen LogP contribution in [0.5, 0.6) is 23.0 Å². The van der Waals surface area contributed by atoms with Crippen molar-refractivity contribution >= 4 is 64.8 Å². The van der Waals surface area contributed by atoms with Crippen LogP contribution in [0.2, 0.25) is 0 Å². The van der Waals surface area contributed by atoms with Gasteiger partial charge in [-0.2, -0.15) is 0 Å². The van der Waals surface area contributed by atoms with Gasteiger partial charge in [0, 0.05) is 144 Å². The Bertz CT molecular complexity index is 4950. The number of hydrogen-bond acceptors (Lipinski definition) is 30. The summed E-state index contributed by atoms with van der Waals surface area (Å²) in [5.41, 5.74) is 0.613. The molecule has 39 nitrogen and oxygen atoms in total. The number of nitrogens with one attached hydrogen (secondary N) is 6. The van der Waals surface area contributed by atoms with Crippen LogP contribution in [0.3, 0.4) is 0 Å². The van der Waals surface area contributed by atoms with Crippen molar-refractivity contribution in [1.82, 2.24) is 51.8 Å². The number of rotatable bonds is 34. The van der Waals surface area contributed by atoms with Crippen molar-refractivity contribution in [3.8, 4) is 45.5 Å². The van der Waals surface area contributed by atoms with E-state index in [-0.39, 0.29) is 154 Å². The quantitative estimate of drug-likeness (QED) is 0.0202. The monoisotopic (exact) mass is 1710 g/mol. The first kappa shape index (κ1) is 89.6. The van der Waals surface area contributed by atoms with Crippen molar-refractivity contribution in [2.45, 2.75) is 190 Å². The van der Waals surface area contributed by atoms with Crippen molar-refractivity contribution < 1.29 is 136 Å². The van der Waals surface area contributed by atoms with E-state index in [0.717, 1.165) is 22.4 Å². The van der Waals surface area contributed by atoms with Crippen molar-refractivity contribution in [1.29, 1.82) is 0 Å². The molecule has 5 aromatic carbocycles. The summed E-state index contributed by atoms with van der Waals surface area (Å²) in [6, 6.07) is 21.9. The van der Waals surface area contributed by atoms with E-state index in [4.69, 9.17) is 52.1 Å². The number of alkyl carbamates (subject to hydrolysis) is 1. The van der Waals surface area contributed by atoms with Crippen molar-refractivity contribution in [2.24, 2.45) is 0 Å². The molecule has 0 bridgehead atoms. The molecule has 6 aromatic rings. The number of fused-ring (bicyclic) bond motifs is 11. The van der Waals surface area contributed by atoms with Crippen LogP contribution in [0, 0.1) is 0 Å². The van der Waals surface area contributed by atoms with Gasteiger partial charge >= 0.3 is 12.1 Å². The van der Waals surface area contributed by atoms with E-state index in [2.05, 4.69) is 47.1 Å². The highest BCUT2D eigenvalue weighted by molar-refractivity contribution is 6.31. The van der Waals surface area contributed by atoms with Gasteiger partial charge in [0.15, 0.2) is 30.7 Å². The second-order valence-electron chi connectivity index (χ2n) is 31.0. The first-order valence-electron chi connectivity index (χ1n) is 40.6. The van der Waals surface area contributed by atoms with Gasteiger partial charge in [0.05, 0.1) is 80.4 Å². The van der Waals surface area contributed by atoms with Crippen LogP contribution in [0.25, 0.3) is 22.5 Å². The summed E-state index contributed by atoms with van der Waals surface area (Å²) < 4.78 is 65.2. The van der Waals surface area contributed by atoms with Gasteiger partial charge in [-0.15, -0.1) is 5.10 Å². The van der Waals surface area contributed by atoms with Gasteiger partial charge in [0.2, 0.25) is 41.6 Å². The number of ether oxygens (including phenoxy) is 11. The average molecular weight is 1710 g/mol. The molecule has 7 aliphatic rings. The van der Waals surface area contributed by atoms with Crippen LogP contribution in [0.4, 0.5) is 10.5 Å². The first-order valence-corrected chi connectivity index (χ1v) is 40.6. The SMILES string of the molecule is COCCOCCC(=O)NC[C@H](NC(=O)CCCCC(=O)N1Cc2ccccc2-c2c(nnn2C(C)C)-c2ccccc21)C(=O)NCCC(=O)NCc1cc(COC(=O)NCCNC(=O)[C@]2(O)Cc3c(O)c4c(c(O)c3[C@@H](O[C@H]3C[C@H]5[C@H](O[C@@H]6[C@@H](OC)OCCN65)[C@H](C)O3)C2)C(=O)c2c(OC)cccc2C4=O)ccc1O[C@@H]1O[C@H](C(=O)O)[C@@H](O)[C@H](O)[C@H]1O. The molecule has 39 heteroatoms. The number of methoxy groups -OCH3 is 3. The molecular formula is C84H101N11O28. The summed E-state index contributed by atoms with van der Waals surface area (Å²) in [7, 11) is 4.29. The van der Waals surface area contributed by atoms with Crippen molar-refractivity contribution in [3.05, 3.63) is 135 Å². The van der Waals surface area contributed by atoms with E-state index < -0.39 is 181 Å². The second-order valence-corrected chi connectivity index (χ2v) is 31.0. The maximum absolute atomic E-state index is 14.4. The fourth-order valence-corrected chi connectivity index (χ4v) is 16.4. The van der Waals surface area contributed by atoms with Crippen LogP contribution in [-0.2, 0) is 102 Å². The predicted molar refractivity (Wildman–Crippen MR) is 427 cm³/mol. The van der Waals surface area contributed by atoms with Gasteiger partial charge in [-0.3, -0.25) is 43.3 Å². The number of carboxylic acid groups (broad SMARTS) is 1. The molecule has 123 heavy (non-hydrogen) atoms. The van der Waals surface area contributed by atoms with Gasteiger partial charge in [-0.05, 0) is 69.0 Å². The topological polar surface area (TPSA) is 523 Å². The summed E-state index contributed by atoms with van der Waals surface area (Å²) in [5.74, 6) is -8.84. The Labute approximate surface area is 705 Å². The molecule has 14 atom stereocenters. The van der Waals surface area contributed by atoms with E-state index in [1.807, 2.05) is 67.1 Å². The minimum Gasteiger partial charge on any atom is -0.507 e. The lowest BCUT2D eigenvalue weighted by atomic mass is 9.72. The Morgan fingerprint density at radius 1 is 0.715 bits per heavy atom. The number of aliphatic hydroxyl groups excluding tert-OH is 3. The summed E-state index contributed by atoms with van der Waals surface area (Å²) in [6.07, 6.45) is -17.4. The number of nitrogens with zero attached hydrogens (tertiary/aromatic N) is 5. The molecule has 0 radical (unpaired) electrons. The second kappa shape index (κ2) is 39.6. The van der Waals surface area contributed by atoms with Crippen LogP contribution < -0.4 is 46.3 Å². The fraction of sp³-hybridized carbons (Fsp3) is 0.500. The Balaban J connectivity index is 0.632. The van der Waals surface area contributed by atoms with E-state index >= 15 is 0 Å². The summed E-state index contributed by atoms with van der Waals surface area (Å²) in [5, 5.41) is 104. The number of aliphatic hydroxyl groups is 4. The number of hydrogen-bond donors (Lipinski definition) is 13. The number of ketones is 2. The number of anilines is 1. The van der Waals surface area contributed by atoms with E-state index in [9.17, 15) is 83.7 Å². The number of carboxylic acids is 1. The van der Waals surface area contributed by atoms with Gasteiger partial charge in [0.25, 0.3) is 5.91 Å². The van der Waals surface area contributed by atoms with E-state index in [0.29, 0.717) is 31.1 Å². The van der Waals surface area contributed by atoms with E-state index in [1.165, 1.54) is 57.7 Å². The number of unbranched alkanes of at least 4 members (excludes halogenated alkanes) is 1. The number of para-hydroxylation sites is 1. The summed E-state index contributed by atoms with van der Waals surface area (Å²) in [4.78, 5) is 141. The van der Waals surface area contributed by atoms with Gasteiger partial charge in [0.1, 0.15) is 71.4 Å². The highest BCUT2D eigenvalue weighted by atomic mass is 16.7. The smallest absolute Gasteiger partial charge is 0.407 e. The number of benzene rings is 5. The molecule has 1 aromatic heterocycles. The molecule has 2 aliphatic carbocycles. The standard InChI is InChI=1S/C84H101N11O28/c1-42(2)95-67-47-15-8-7-14-45(47)40-94(52-18-10-9-16-48(52)66(67)91-92-95)60(99)21-12-11-20-59(98)90-51(39-89-58(97)25-30-116-33-32-113-4)77(107)85-26-24-57(96)88-38-46-34-44(22-23-54(46)121-80-74(106)72(104)73(105)76(123-80)79(108)109)41-118-83(111)87-28-27-86-82(110)84(112)36-50-63(71(103)65-64(69(50)101)68(100)49-17-13-19-55(114-5)62(49)70(65)102)56(37-84)120-61-35-53-75(43(3)119-61)122-78-81(115-6)117-31-29-93(53)78/h7-10,13-19,22-23,34,42-43,51,53,56,61,72-76,78,80-81,101,103-106,112H,11-12,20-21,24-33,35-41H2,1-6H3,(H,85,107)(H,86,110)(H,87,111)(H,88,96)(H,89,97)(H,90,98)(H,108,109)/t43-,51-,53-,56-,61-,72-,73-,74+,75+,76-,78+,80+,81-,84-/m0/s1. The molecule has 0 unspecified atom stereocenters. The summed E-state index contributed by atoms with van der Waals surface area (Å²) in [6.45, 7) is 5.14. The molecule has 13 N–H and O–H groups in total. The predicted octanol–water partition coefficient (Wildman–Crippen LogP) is 1.85. The highest BCUT2D eigenvalue weighted by Gasteiger charge is 2.56. The Kier molecular flexibility index (Phi) is 28.8. The van der Waals surface area contributed by atoms with Crippen molar-refractivity contribution in [2.75, 3.05) is 85.4 Å². The molecule has 4 fully saturated rings. The van der Waals surface area contributed by atoms with Gasteiger partial charge in [-0.25, -0.2) is 14.3 Å². The van der Waals surface area contributed by atoms with Crippen molar-refractivity contribution in [3.63, 3.8) is 0 Å². The maximum atomic E-state index is 14.4. The Morgan fingerprint density at radius 2 is 1.46 bits per heavy atom. The number of aromatic nitrogens is 3. The molecular weight excluding hydrogens is 1610 g/mol. The molecule has 6 heterocycles. The largest absolute Gasteiger partial charge is 0.507 e. The lowest BCUT2D eigenvalue weighted by molar-refractivity contribution is -0.271. The number of carbonyl (C=O) groups excluding carboxylic acids is 9. The van der Waals surface area contributed by atoms with E-state index in [1.54, 1.807) is 11.8 Å². The molecule has 0 spiro atoms. The number of phenolic OH excluding ortho intramolecular Hbond substituents is 2.